The van der Waals surface area contributed by atoms with Gasteiger partial charge in [0.25, 0.3) is 0 Å². The monoisotopic (exact) mass is 1820 g/mol. The van der Waals surface area contributed by atoms with Crippen molar-refractivity contribution in [2.45, 2.75) is 246 Å². The SMILES string of the molecule is CCC[C@@H](CO)Nc1nc(N)nc2ccc(C)nc12.CCC[C@H](Nc1nc(N)nc2cccnc12)C(=O)CC.CCC[C@H](Nc1nc(N)nc2cccnc12)C(=O)CCC(C)(C)O.CCC[C@H](Nc1nc(N)nc2cccnc12)C(=O)CCCN.CCC[C@H](Nc1nc(N)nc2cccnc12)C(=O)CCCO.CCC[C@H](Nc1nc(N)nc2cccnc12)C(=O)CCc1ccccn1. The smallest absolute Gasteiger partial charge is 0.222 e. The van der Waals surface area contributed by atoms with Crippen molar-refractivity contribution in [1.29, 1.82) is 0 Å². The molecule has 0 radical (unpaired) electrons. The molecule has 40 nitrogen and oxygen atoms in total. The molecule has 0 fully saturated rings. The van der Waals surface area contributed by atoms with Crippen molar-refractivity contribution in [2.24, 2.45) is 5.73 Å². The topological polar surface area (TPSA) is 645 Å². The lowest BCUT2D eigenvalue weighted by Gasteiger charge is -2.21. The van der Waals surface area contributed by atoms with Crippen LogP contribution in [0.3, 0.4) is 0 Å². The van der Waals surface area contributed by atoms with Crippen LogP contribution in [0.25, 0.3) is 66.2 Å². The van der Waals surface area contributed by atoms with E-state index in [0.29, 0.717) is 185 Å². The normalized spacial score (nSPS) is 12.4. The van der Waals surface area contributed by atoms with Gasteiger partial charge in [-0.1, -0.05) is 93.1 Å². The molecule has 0 aliphatic heterocycles. The number of hydrogen-bond donors (Lipinski definition) is 16. The van der Waals surface area contributed by atoms with Gasteiger partial charge in [-0.15, -0.1) is 0 Å². The number of fused-ring (bicyclic) bond motifs is 6. The number of pyridine rings is 7. The molecule has 23 N–H and O–H groups in total. The van der Waals surface area contributed by atoms with E-state index in [1.165, 1.54) is 0 Å². The minimum absolute atomic E-state index is 0.00945. The summed E-state index contributed by atoms with van der Waals surface area (Å²) >= 11 is 0. The fraction of sp³-hybridized carbons (Fsp3) is 0.441. The fourth-order valence-corrected chi connectivity index (χ4v) is 13.9. The molecule has 0 saturated carbocycles. The summed E-state index contributed by atoms with van der Waals surface area (Å²) in [6, 6.07) is 25.7. The van der Waals surface area contributed by atoms with Crippen molar-refractivity contribution in [3.63, 3.8) is 0 Å². The zero-order valence-electron chi connectivity index (χ0n) is 77.5. The molecule has 6 atom stereocenters. The van der Waals surface area contributed by atoms with Crippen LogP contribution in [0, 0.1) is 6.92 Å². The summed E-state index contributed by atoms with van der Waals surface area (Å²) in [5.74, 6) is 4.52. The van der Waals surface area contributed by atoms with Crippen molar-refractivity contribution in [2.75, 3.05) is 86.1 Å². The minimum atomic E-state index is -0.861. The number of Topliss-reactive ketones (excluding diaryl/α,β-unsaturated/α-hetero) is 5. The predicted molar refractivity (Wildman–Crippen MR) is 524 cm³/mol. The summed E-state index contributed by atoms with van der Waals surface area (Å²) in [5.41, 5.74) is 48.5. The first-order valence-electron chi connectivity index (χ1n) is 45.2. The molecule has 13 aromatic rings. The number of nitrogens with one attached hydrogen (secondary N) is 6. The van der Waals surface area contributed by atoms with E-state index < -0.39 is 11.6 Å². The van der Waals surface area contributed by atoms with E-state index in [4.69, 9.17) is 45.2 Å². The van der Waals surface area contributed by atoms with Crippen LogP contribution in [-0.4, -0.2) is 201 Å². The van der Waals surface area contributed by atoms with Gasteiger partial charge in [0.1, 0.15) is 33.1 Å². The summed E-state index contributed by atoms with van der Waals surface area (Å²) in [6.07, 6.45) is 24.0. The Morgan fingerprint density at radius 2 is 0.654 bits per heavy atom. The third kappa shape index (κ3) is 33.0. The van der Waals surface area contributed by atoms with Gasteiger partial charge in [0.05, 0.1) is 81.6 Å². The molecule has 0 aliphatic rings. The Bertz CT molecular complexity index is 5790. The van der Waals surface area contributed by atoms with Gasteiger partial charge in [0.2, 0.25) is 35.7 Å². The van der Waals surface area contributed by atoms with Gasteiger partial charge in [0.15, 0.2) is 63.8 Å². The number of hydrogen-bond acceptors (Lipinski definition) is 40. The third-order valence-corrected chi connectivity index (χ3v) is 20.5. The first kappa shape index (κ1) is 104. The van der Waals surface area contributed by atoms with Crippen LogP contribution in [0.15, 0.2) is 128 Å². The van der Waals surface area contributed by atoms with Gasteiger partial charge >= 0.3 is 0 Å². The highest BCUT2D eigenvalue weighted by Crippen LogP contribution is 2.29. The molecule has 40 heteroatoms. The number of aliphatic hydroxyl groups excluding tert-OH is 2. The Morgan fingerprint density at radius 3 is 0.955 bits per heavy atom. The van der Waals surface area contributed by atoms with Crippen molar-refractivity contribution in [1.82, 2.24) is 94.7 Å². The largest absolute Gasteiger partial charge is 0.396 e. The molecular weight excluding hydrogens is 1690 g/mol. The van der Waals surface area contributed by atoms with Crippen molar-refractivity contribution in [3.8, 4) is 0 Å². The number of carbonyl (C=O) groups is 5. The zero-order chi connectivity index (χ0) is 96.4. The minimum Gasteiger partial charge on any atom is -0.396 e. The van der Waals surface area contributed by atoms with E-state index in [1.807, 2.05) is 97.0 Å². The van der Waals surface area contributed by atoms with Crippen LogP contribution in [-0.2, 0) is 30.4 Å². The molecule has 13 rings (SSSR count). The maximum atomic E-state index is 12.7. The second-order valence-electron chi connectivity index (χ2n) is 32.0. The Labute approximate surface area is 773 Å². The number of anilines is 12. The van der Waals surface area contributed by atoms with Gasteiger partial charge < -0.3 is 87.4 Å². The van der Waals surface area contributed by atoms with Gasteiger partial charge in [-0.2, -0.15) is 29.9 Å². The van der Waals surface area contributed by atoms with Crippen LogP contribution in [0.4, 0.5) is 70.6 Å². The van der Waals surface area contributed by atoms with Crippen LogP contribution in [0.5, 0.6) is 0 Å². The van der Waals surface area contributed by atoms with E-state index in [2.05, 4.69) is 134 Å². The Balaban J connectivity index is 0.000000197. The summed E-state index contributed by atoms with van der Waals surface area (Å²) in [4.78, 5) is 142. The summed E-state index contributed by atoms with van der Waals surface area (Å²) in [6.45, 7) is 20.0. The van der Waals surface area contributed by atoms with Crippen molar-refractivity contribution >= 4 is 166 Å². The molecule has 708 valence electrons. The van der Waals surface area contributed by atoms with Gasteiger partial charge in [-0.3, -0.25) is 53.9 Å². The number of aromatic nitrogens is 19. The van der Waals surface area contributed by atoms with Crippen LogP contribution in [0.2, 0.25) is 0 Å². The standard InChI is InChI=1S/C19H22N6O.C17H25N5O2.C15H22N6O.C15H21N5O2.C14H19N5O.C13H19N5O/c1-2-6-14(16(26)10-9-13-7-3-4-11-21-13)23-18-17-15(8-5-12-22-17)24-19(20)25-18;1-4-6-11(13(23)8-9-17(2,3)24)20-15-14-12(7-5-10-19-14)21-16(18)22-15;1-2-5-10(12(22)7-3-8-16)19-14-13-11(6-4-9-18-13)20-15(17)21-14;1-2-5-10(12(22)7-4-9-21)18-14-13-11(6-3-8-17-13)19-15(16)20-14;1-3-6-9(11(20)4-2)17-13-12-10(7-5-8-16-12)18-14(15)19-13;1-3-4-9(7-19)16-12-11-10(17-13(14)18-12)6-5-8(2)15-11/h3-5,7-8,11-12,14H,2,6,9-10H2,1H3,(H3,20,23,24,25);5,7,10-11,24H,4,6,8-9H2,1-3H3,(H3,18,20,21,22);4,6,9-10H,2-3,5,7-8,16H2,1H3,(H3,17,19,20,21);3,6,8,10,21H,2,4-5,7,9H2,1H3,(H3,16,18,19,20);5,7-9H,3-4,6H2,1-2H3,(H3,15,17,18,19);5-6,9,19H,3-4,7H2,1-2H3,(H3,14,16,17,18)/t14-;11-;2*10-;2*9-/m000000/s1. The third-order valence-electron chi connectivity index (χ3n) is 20.5. The first-order valence-corrected chi connectivity index (χ1v) is 45.2. The predicted octanol–water partition coefficient (Wildman–Crippen LogP) is 11.8. The fourth-order valence-electron chi connectivity index (χ4n) is 13.9. The number of aliphatic hydroxyl groups is 3. The van der Waals surface area contributed by atoms with Crippen LogP contribution < -0.4 is 72.0 Å². The molecule has 0 unspecified atom stereocenters. The molecule has 0 spiro atoms. The Hall–Kier alpha value is -14.1. The van der Waals surface area contributed by atoms with E-state index in [1.54, 1.807) is 93.5 Å². The number of rotatable bonds is 43. The molecular formula is C93H128N32O8. The molecule has 13 heterocycles. The molecule has 0 aromatic carbocycles. The average molecular weight is 1820 g/mol. The van der Waals surface area contributed by atoms with Crippen molar-refractivity contribution < 1.29 is 39.3 Å². The lowest BCUT2D eigenvalue weighted by Crippen LogP contribution is -2.32. The second-order valence-corrected chi connectivity index (χ2v) is 32.0. The number of nitrogens with two attached hydrogens (primary N) is 7. The highest BCUT2D eigenvalue weighted by atomic mass is 16.3. The summed E-state index contributed by atoms with van der Waals surface area (Å²) in [7, 11) is 0. The van der Waals surface area contributed by atoms with Gasteiger partial charge in [-0.05, 0) is 176 Å². The molecule has 0 amide bonds. The van der Waals surface area contributed by atoms with Crippen molar-refractivity contribution in [3.05, 3.63) is 140 Å². The second kappa shape index (κ2) is 53.9. The number of nitrogen functional groups attached to an aromatic ring is 6. The molecule has 0 saturated heterocycles. The molecule has 0 bridgehead atoms. The van der Waals surface area contributed by atoms with E-state index in [0.717, 1.165) is 69.2 Å². The maximum absolute atomic E-state index is 12.7. The summed E-state index contributed by atoms with van der Waals surface area (Å²) in [5, 5.41) is 47.2. The Kier molecular flexibility index (Phi) is 42.2. The number of aryl methyl sites for hydroxylation is 2. The zero-order valence-corrected chi connectivity index (χ0v) is 77.5. The highest BCUT2D eigenvalue weighted by Gasteiger charge is 2.27. The van der Waals surface area contributed by atoms with Gasteiger partial charge in [-0.25, -0.2) is 34.9 Å². The number of carbonyl (C=O) groups excluding carboxylic acids is 5. The molecule has 13 aromatic heterocycles. The van der Waals surface area contributed by atoms with Gasteiger partial charge in [0, 0.05) is 87.3 Å². The lowest BCUT2D eigenvalue weighted by atomic mass is 9.96. The Morgan fingerprint density at radius 1 is 0.346 bits per heavy atom. The van der Waals surface area contributed by atoms with Crippen LogP contribution >= 0.6 is 0 Å². The molecule has 133 heavy (non-hydrogen) atoms. The summed E-state index contributed by atoms with van der Waals surface area (Å²) < 4.78 is 0. The van der Waals surface area contributed by atoms with E-state index >= 15 is 0 Å². The maximum Gasteiger partial charge on any atom is 0.222 e. The van der Waals surface area contributed by atoms with E-state index in [9.17, 15) is 34.2 Å². The lowest BCUT2D eigenvalue weighted by molar-refractivity contribution is -0.121. The first-order chi connectivity index (χ1) is 64.1. The quantitative estimate of drug-likeness (QED) is 0.0169. The number of nitrogens with zero attached hydrogens (tertiary/aromatic N) is 19. The average Bonchev–Trinajstić information content (AvgIpc) is 0.834. The van der Waals surface area contributed by atoms with E-state index in [-0.39, 0.29) is 108 Å². The molecule has 0 aliphatic carbocycles. The highest BCUT2D eigenvalue weighted by molar-refractivity contribution is 5.96. The van der Waals surface area contributed by atoms with Crippen LogP contribution in [0.1, 0.15) is 202 Å². The number of ketones is 5.